The molecule has 0 unspecified atom stereocenters. The molecular weight excluding hydrogens is 234 g/mol. The van der Waals surface area contributed by atoms with Crippen molar-refractivity contribution in [3.8, 4) is 5.75 Å². The summed E-state index contributed by atoms with van der Waals surface area (Å²) in [4.78, 5) is 11.4. The molecule has 0 aliphatic heterocycles. The summed E-state index contributed by atoms with van der Waals surface area (Å²) in [7, 11) is 1.57. The summed E-state index contributed by atoms with van der Waals surface area (Å²) in [5, 5.41) is 12.1. The molecule has 5 nitrogen and oxygen atoms in total. The Morgan fingerprint density at radius 3 is 2.94 bits per heavy atom. The number of methoxy groups -OCH3 is 1. The van der Waals surface area contributed by atoms with E-state index in [1.807, 2.05) is 0 Å². The molecule has 0 heterocycles. The van der Waals surface area contributed by atoms with Gasteiger partial charge in [-0.1, -0.05) is 12.1 Å². The number of benzene rings is 1. The maximum absolute atomic E-state index is 11.4. The Hall–Kier alpha value is -1.59. The van der Waals surface area contributed by atoms with Gasteiger partial charge in [0.2, 0.25) is 0 Å². The smallest absolute Gasteiger partial charge is 0.258 e. The van der Waals surface area contributed by atoms with Crippen LogP contribution in [0.3, 0.4) is 0 Å². The number of aliphatic hydroxyl groups is 1. The number of aliphatic hydroxyl groups excluding tert-OH is 1. The van der Waals surface area contributed by atoms with Gasteiger partial charge in [0.25, 0.3) is 5.91 Å². The van der Waals surface area contributed by atoms with E-state index in [2.05, 4.69) is 5.32 Å². The van der Waals surface area contributed by atoms with Gasteiger partial charge in [-0.3, -0.25) is 4.79 Å². The van der Waals surface area contributed by atoms with E-state index in [9.17, 15) is 9.90 Å². The van der Waals surface area contributed by atoms with Crippen LogP contribution < -0.4 is 10.1 Å². The molecule has 1 aromatic rings. The van der Waals surface area contributed by atoms with Crippen LogP contribution in [0.15, 0.2) is 24.3 Å². The molecule has 0 spiro atoms. The number of rotatable bonds is 7. The van der Waals surface area contributed by atoms with E-state index in [1.54, 1.807) is 38.3 Å². The molecule has 1 atom stereocenters. The van der Waals surface area contributed by atoms with Gasteiger partial charge in [0, 0.05) is 13.7 Å². The van der Waals surface area contributed by atoms with Crippen LogP contribution in [0.5, 0.6) is 5.75 Å². The van der Waals surface area contributed by atoms with Crippen LogP contribution in [-0.4, -0.2) is 37.9 Å². The Morgan fingerprint density at radius 2 is 2.28 bits per heavy atom. The predicted octanol–water partition coefficient (Wildman–Crippen LogP) is 0.881. The Kier molecular flexibility index (Phi) is 6.18. The number of carbonyl (C=O) groups excluding carboxylic acids is 1. The van der Waals surface area contributed by atoms with Gasteiger partial charge >= 0.3 is 0 Å². The van der Waals surface area contributed by atoms with E-state index in [-0.39, 0.29) is 12.5 Å². The molecule has 1 aromatic carbocycles. The van der Waals surface area contributed by atoms with Crippen molar-refractivity contribution < 1.29 is 19.4 Å². The van der Waals surface area contributed by atoms with Crippen LogP contribution >= 0.6 is 0 Å². The summed E-state index contributed by atoms with van der Waals surface area (Å²) in [5.41, 5.74) is 0.757. The van der Waals surface area contributed by atoms with Crippen LogP contribution in [0.4, 0.5) is 0 Å². The largest absolute Gasteiger partial charge is 0.484 e. The molecular formula is C13H19NO4. The summed E-state index contributed by atoms with van der Waals surface area (Å²) < 4.78 is 10.1. The highest BCUT2D eigenvalue weighted by Crippen LogP contribution is 2.18. The molecule has 0 aliphatic carbocycles. The molecule has 0 radical (unpaired) electrons. The molecule has 0 fully saturated rings. The minimum atomic E-state index is -0.552. The lowest BCUT2D eigenvalue weighted by Gasteiger charge is -2.09. The first-order valence-electron chi connectivity index (χ1n) is 5.80. The fourth-order valence-electron chi connectivity index (χ4n) is 1.36. The molecule has 1 rings (SSSR count). The standard InChI is InChI=1S/C13H19NO4/c1-10(15)11-4-3-5-12(8-11)18-9-13(16)14-6-7-17-2/h3-5,8,10,15H,6-7,9H2,1-2H3,(H,14,16)/t10-/m1/s1. The van der Waals surface area contributed by atoms with Crippen LogP contribution in [0, 0.1) is 0 Å². The topological polar surface area (TPSA) is 67.8 Å². The molecule has 0 bridgehead atoms. The van der Waals surface area contributed by atoms with Crippen LogP contribution in [0.2, 0.25) is 0 Å². The molecule has 100 valence electrons. The molecule has 18 heavy (non-hydrogen) atoms. The number of nitrogens with one attached hydrogen (secondary N) is 1. The third kappa shape index (κ3) is 5.16. The zero-order chi connectivity index (χ0) is 13.4. The highest BCUT2D eigenvalue weighted by molar-refractivity contribution is 5.77. The summed E-state index contributed by atoms with van der Waals surface area (Å²) in [6.45, 7) is 2.57. The second kappa shape index (κ2) is 7.68. The van der Waals surface area contributed by atoms with Gasteiger partial charge in [-0.2, -0.15) is 0 Å². The zero-order valence-electron chi connectivity index (χ0n) is 10.7. The first kappa shape index (κ1) is 14.5. The van der Waals surface area contributed by atoms with E-state index in [0.717, 1.165) is 5.56 Å². The van der Waals surface area contributed by atoms with E-state index in [1.165, 1.54) is 0 Å². The fraction of sp³-hybridized carbons (Fsp3) is 0.462. The highest BCUT2D eigenvalue weighted by Gasteiger charge is 2.04. The highest BCUT2D eigenvalue weighted by atomic mass is 16.5. The Bertz CT molecular complexity index is 379. The van der Waals surface area contributed by atoms with E-state index in [0.29, 0.717) is 18.9 Å². The quantitative estimate of drug-likeness (QED) is 0.708. The van der Waals surface area contributed by atoms with Crippen molar-refractivity contribution in [2.24, 2.45) is 0 Å². The first-order chi connectivity index (χ1) is 8.63. The lowest BCUT2D eigenvalue weighted by molar-refractivity contribution is -0.123. The Labute approximate surface area is 107 Å². The molecule has 0 saturated heterocycles. The van der Waals surface area contributed by atoms with Crippen molar-refractivity contribution in [3.05, 3.63) is 29.8 Å². The molecule has 1 amide bonds. The van der Waals surface area contributed by atoms with Gasteiger partial charge < -0.3 is 19.9 Å². The third-order valence-corrected chi connectivity index (χ3v) is 2.34. The van der Waals surface area contributed by atoms with Crippen LogP contribution in [-0.2, 0) is 9.53 Å². The van der Waals surface area contributed by atoms with Gasteiger partial charge in [0.15, 0.2) is 6.61 Å². The average molecular weight is 253 g/mol. The second-order valence-electron chi connectivity index (χ2n) is 3.88. The summed E-state index contributed by atoms with van der Waals surface area (Å²) in [6.07, 6.45) is -0.552. The summed E-state index contributed by atoms with van der Waals surface area (Å²) >= 11 is 0. The Morgan fingerprint density at radius 1 is 1.50 bits per heavy atom. The number of carbonyl (C=O) groups is 1. The van der Waals surface area contributed by atoms with Crippen LogP contribution in [0.25, 0.3) is 0 Å². The summed E-state index contributed by atoms with van der Waals surface area (Å²) in [6, 6.07) is 7.04. The van der Waals surface area contributed by atoms with Crippen molar-refractivity contribution in [2.75, 3.05) is 26.9 Å². The van der Waals surface area contributed by atoms with Crippen molar-refractivity contribution in [2.45, 2.75) is 13.0 Å². The van der Waals surface area contributed by atoms with Crippen molar-refractivity contribution in [3.63, 3.8) is 0 Å². The number of ether oxygens (including phenoxy) is 2. The lowest BCUT2D eigenvalue weighted by atomic mass is 10.1. The summed E-state index contributed by atoms with van der Waals surface area (Å²) in [5.74, 6) is 0.366. The zero-order valence-corrected chi connectivity index (χ0v) is 10.7. The molecule has 0 aromatic heterocycles. The first-order valence-corrected chi connectivity index (χ1v) is 5.80. The normalized spacial score (nSPS) is 11.9. The SMILES string of the molecule is COCCNC(=O)COc1cccc([C@@H](C)O)c1. The van der Waals surface area contributed by atoms with Gasteiger partial charge in [-0.05, 0) is 24.6 Å². The maximum atomic E-state index is 11.4. The number of amides is 1. The van der Waals surface area contributed by atoms with Crippen molar-refractivity contribution in [1.82, 2.24) is 5.32 Å². The Balaban J connectivity index is 2.38. The van der Waals surface area contributed by atoms with Gasteiger partial charge in [-0.25, -0.2) is 0 Å². The van der Waals surface area contributed by atoms with Crippen molar-refractivity contribution in [1.29, 1.82) is 0 Å². The fourth-order valence-corrected chi connectivity index (χ4v) is 1.36. The molecule has 0 aliphatic rings. The third-order valence-electron chi connectivity index (χ3n) is 2.34. The van der Waals surface area contributed by atoms with E-state index < -0.39 is 6.10 Å². The van der Waals surface area contributed by atoms with E-state index >= 15 is 0 Å². The van der Waals surface area contributed by atoms with Gasteiger partial charge in [0.05, 0.1) is 12.7 Å². The average Bonchev–Trinajstić information content (AvgIpc) is 2.37. The minimum Gasteiger partial charge on any atom is -0.484 e. The predicted molar refractivity (Wildman–Crippen MR) is 67.5 cm³/mol. The monoisotopic (exact) mass is 253 g/mol. The second-order valence-corrected chi connectivity index (χ2v) is 3.88. The lowest BCUT2D eigenvalue weighted by Crippen LogP contribution is -2.31. The molecule has 0 saturated carbocycles. The number of hydrogen-bond donors (Lipinski definition) is 2. The molecule has 2 N–H and O–H groups in total. The van der Waals surface area contributed by atoms with Crippen LogP contribution in [0.1, 0.15) is 18.6 Å². The number of hydrogen-bond acceptors (Lipinski definition) is 4. The van der Waals surface area contributed by atoms with E-state index in [4.69, 9.17) is 9.47 Å². The van der Waals surface area contributed by atoms with Gasteiger partial charge in [-0.15, -0.1) is 0 Å². The van der Waals surface area contributed by atoms with Gasteiger partial charge in [0.1, 0.15) is 5.75 Å². The minimum absolute atomic E-state index is 0.0486. The molecule has 5 heteroatoms. The maximum Gasteiger partial charge on any atom is 0.258 e. The van der Waals surface area contributed by atoms with Crippen molar-refractivity contribution >= 4 is 5.91 Å².